The molecule has 144 valence electrons. The van der Waals surface area contributed by atoms with Crippen molar-refractivity contribution < 1.29 is 4.79 Å². The van der Waals surface area contributed by atoms with E-state index in [1.54, 1.807) is 18.3 Å². The summed E-state index contributed by atoms with van der Waals surface area (Å²) in [6, 6.07) is 20.5. The lowest BCUT2D eigenvalue weighted by Crippen LogP contribution is -2.37. The predicted molar refractivity (Wildman–Crippen MR) is 114 cm³/mol. The quantitative estimate of drug-likeness (QED) is 0.576. The zero-order valence-corrected chi connectivity index (χ0v) is 16.9. The molecule has 0 saturated carbocycles. The molecule has 2 atom stereocenters. The molecule has 0 fully saturated rings. The highest BCUT2D eigenvalue weighted by molar-refractivity contribution is 6.35. The van der Waals surface area contributed by atoms with Crippen LogP contribution in [0.25, 0.3) is 0 Å². The molecule has 6 heteroatoms. The van der Waals surface area contributed by atoms with Crippen LogP contribution >= 0.6 is 23.2 Å². The van der Waals surface area contributed by atoms with Crippen LogP contribution in [0.2, 0.25) is 10.0 Å². The Hall–Kier alpha value is -2.40. The second-order valence-corrected chi connectivity index (χ2v) is 7.28. The number of carbonyl (C=O) groups is 1. The number of pyridine rings is 1. The Kier molecular flexibility index (Phi) is 7.04. The van der Waals surface area contributed by atoms with Crippen molar-refractivity contribution in [1.29, 1.82) is 0 Å². The minimum absolute atomic E-state index is 0.129. The van der Waals surface area contributed by atoms with Gasteiger partial charge in [0.25, 0.3) is 0 Å². The lowest BCUT2D eigenvalue weighted by atomic mass is 10.0. The van der Waals surface area contributed by atoms with E-state index in [-0.39, 0.29) is 24.5 Å². The topological polar surface area (TPSA) is 54.0 Å². The maximum atomic E-state index is 12.5. The van der Waals surface area contributed by atoms with E-state index in [0.29, 0.717) is 10.0 Å². The van der Waals surface area contributed by atoms with Gasteiger partial charge in [0.05, 0.1) is 24.3 Å². The van der Waals surface area contributed by atoms with E-state index < -0.39 is 0 Å². The maximum absolute atomic E-state index is 12.5. The summed E-state index contributed by atoms with van der Waals surface area (Å²) in [4.78, 5) is 16.9. The summed E-state index contributed by atoms with van der Waals surface area (Å²) in [5.41, 5.74) is 2.72. The van der Waals surface area contributed by atoms with Crippen molar-refractivity contribution in [2.45, 2.75) is 19.0 Å². The average molecular weight is 414 g/mol. The van der Waals surface area contributed by atoms with E-state index in [1.807, 2.05) is 61.5 Å². The van der Waals surface area contributed by atoms with Crippen molar-refractivity contribution >= 4 is 29.1 Å². The molecule has 0 radical (unpaired) electrons. The van der Waals surface area contributed by atoms with Gasteiger partial charge in [0.15, 0.2) is 0 Å². The smallest absolute Gasteiger partial charge is 0.234 e. The Labute approximate surface area is 174 Å². The van der Waals surface area contributed by atoms with Gasteiger partial charge in [-0.1, -0.05) is 65.7 Å². The maximum Gasteiger partial charge on any atom is 0.234 e. The van der Waals surface area contributed by atoms with Crippen molar-refractivity contribution in [2.75, 3.05) is 6.54 Å². The predicted octanol–water partition coefficient (Wildman–Crippen LogP) is 4.94. The molecule has 0 saturated heterocycles. The Morgan fingerprint density at radius 1 is 1.04 bits per heavy atom. The summed E-state index contributed by atoms with van der Waals surface area (Å²) < 4.78 is 0. The Morgan fingerprint density at radius 3 is 2.46 bits per heavy atom. The Bertz CT molecular complexity index is 880. The third kappa shape index (κ3) is 5.32. The van der Waals surface area contributed by atoms with Crippen LogP contribution in [-0.4, -0.2) is 17.4 Å². The summed E-state index contributed by atoms with van der Waals surface area (Å²) in [6.07, 6.45) is 1.75. The van der Waals surface area contributed by atoms with Crippen LogP contribution in [0, 0.1) is 0 Å². The van der Waals surface area contributed by atoms with Crippen LogP contribution in [0.1, 0.15) is 35.8 Å². The number of hydrogen-bond donors (Lipinski definition) is 2. The molecule has 3 rings (SSSR count). The van der Waals surface area contributed by atoms with E-state index >= 15 is 0 Å². The highest BCUT2D eigenvalue weighted by Gasteiger charge is 2.18. The van der Waals surface area contributed by atoms with Gasteiger partial charge >= 0.3 is 0 Å². The number of halogens is 2. The fourth-order valence-corrected chi connectivity index (χ4v) is 3.58. The van der Waals surface area contributed by atoms with Crippen LogP contribution < -0.4 is 10.6 Å². The molecule has 2 unspecified atom stereocenters. The molecule has 0 aliphatic heterocycles. The number of amides is 1. The second-order valence-electron chi connectivity index (χ2n) is 6.43. The lowest BCUT2D eigenvalue weighted by Gasteiger charge is -2.20. The van der Waals surface area contributed by atoms with Crippen LogP contribution in [0.5, 0.6) is 0 Å². The SMILES string of the molecule is CC(NC(=O)CNC(c1ccccc1)c1ccccn1)c1ccc(Cl)cc1Cl. The van der Waals surface area contributed by atoms with Crippen molar-refractivity contribution in [1.82, 2.24) is 15.6 Å². The van der Waals surface area contributed by atoms with Gasteiger partial charge in [-0.2, -0.15) is 0 Å². The monoisotopic (exact) mass is 413 g/mol. The van der Waals surface area contributed by atoms with Crippen molar-refractivity contribution in [2.24, 2.45) is 0 Å². The van der Waals surface area contributed by atoms with Crippen LogP contribution in [-0.2, 0) is 4.79 Å². The number of hydrogen-bond acceptors (Lipinski definition) is 3. The largest absolute Gasteiger partial charge is 0.348 e. The molecule has 28 heavy (non-hydrogen) atoms. The van der Waals surface area contributed by atoms with E-state index in [2.05, 4.69) is 15.6 Å². The Morgan fingerprint density at radius 2 is 1.79 bits per heavy atom. The minimum Gasteiger partial charge on any atom is -0.348 e. The van der Waals surface area contributed by atoms with Gasteiger partial charge in [-0.05, 0) is 42.3 Å². The van der Waals surface area contributed by atoms with Gasteiger partial charge in [0.1, 0.15) is 0 Å². The molecular formula is C22H21Cl2N3O. The van der Waals surface area contributed by atoms with E-state index in [9.17, 15) is 4.79 Å². The molecular weight excluding hydrogens is 393 g/mol. The lowest BCUT2D eigenvalue weighted by molar-refractivity contribution is -0.121. The zero-order chi connectivity index (χ0) is 19.9. The first-order chi connectivity index (χ1) is 13.5. The molecule has 0 aliphatic carbocycles. The molecule has 0 spiro atoms. The van der Waals surface area contributed by atoms with Crippen LogP contribution in [0.4, 0.5) is 0 Å². The molecule has 2 N–H and O–H groups in total. The number of rotatable bonds is 7. The first-order valence-corrected chi connectivity index (χ1v) is 9.74. The van der Waals surface area contributed by atoms with Gasteiger partial charge in [-0.25, -0.2) is 0 Å². The second kappa shape index (κ2) is 9.69. The third-order valence-corrected chi connectivity index (χ3v) is 4.95. The van der Waals surface area contributed by atoms with Gasteiger partial charge in [-0.15, -0.1) is 0 Å². The van der Waals surface area contributed by atoms with Gasteiger partial charge in [0.2, 0.25) is 5.91 Å². The summed E-state index contributed by atoms with van der Waals surface area (Å²) in [5.74, 6) is -0.129. The van der Waals surface area contributed by atoms with E-state index in [0.717, 1.165) is 16.8 Å². The fourth-order valence-electron chi connectivity index (χ4n) is 3.00. The number of carbonyl (C=O) groups excluding carboxylic acids is 1. The van der Waals surface area contributed by atoms with E-state index in [1.165, 1.54) is 0 Å². The number of aromatic nitrogens is 1. The first kappa shape index (κ1) is 20.3. The summed E-state index contributed by atoms with van der Waals surface area (Å²) in [5, 5.41) is 7.37. The van der Waals surface area contributed by atoms with E-state index in [4.69, 9.17) is 23.2 Å². The van der Waals surface area contributed by atoms with Gasteiger partial charge < -0.3 is 5.32 Å². The zero-order valence-electron chi connectivity index (χ0n) is 15.4. The summed E-state index contributed by atoms with van der Waals surface area (Å²) in [7, 11) is 0. The summed E-state index contributed by atoms with van der Waals surface area (Å²) >= 11 is 12.2. The minimum atomic E-state index is -0.232. The number of nitrogens with one attached hydrogen (secondary N) is 2. The van der Waals surface area contributed by atoms with Crippen LogP contribution in [0.15, 0.2) is 72.9 Å². The molecule has 2 aromatic carbocycles. The highest BCUT2D eigenvalue weighted by atomic mass is 35.5. The van der Waals surface area contributed by atoms with Crippen molar-refractivity contribution in [3.05, 3.63) is 99.8 Å². The van der Waals surface area contributed by atoms with Crippen molar-refractivity contribution in [3.8, 4) is 0 Å². The molecule has 1 heterocycles. The van der Waals surface area contributed by atoms with Crippen molar-refractivity contribution in [3.63, 3.8) is 0 Å². The fraction of sp³-hybridized carbons (Fsp3) is 0.182. The highest BCUT2D eigenvalue weighted by Crippen LogP contribution is 2.26. The molecule has 4 nitrogen and oxygen atoms in total. The number of benzene rings is 2. The average Bonchev–Trinajstić information content (AvgIpc) is 2.69. The van der Waals surface area contributed by atoms with Gasteiger partial charge in [0, 0.05) is 16.2 Å². The number of nitrogens with zero attached hydrogens (tertiary/aromatic N) is 1. The Balaban J connectivity index is 1.67. The van der Waals surface area contributed by atoms with Crippen LogP contribution in [0.3, 0.4) is 0 Å². The molecule has 0 aliphatic rings. The van der Waals surface area contributed by atoms with Gasteiger partial charge in [-0.3, -0.25) is 15.1 Å². The molecule has 3 aromatic rings. The third-order valence-electron chi connectivity index (χ3n) is 4.39. The normalized spacial score (nSPS) is 13.0. The first-order valence-electron chi connectivity index (χ1n) is 8.98. The molecule has 1 aromatic heterocycles. The molecule has 0 bridgehead atoms. The standard InChI is InChI=1S/C22H21Cl2N3O/c1-15(18-11-10-17(23)13-19(18)24)27-21(28)14-26-22(16-7-3-2-4-8-16)20-9-5-6-12-25-20/h2-13,15,22,26H,14H2,1H3,(H,27,28). The molecule has 1 amide bonds. The summed E-state index contributed by atoms with van der Waals surface area (Å²) in [6.45, 7) is 2.03.